The molecular weight excluding hydrogens is 228 g/mol. The molecule has 0 aromatic rings. The third-order valence-corrected chi connectivity index (χ3v) is 5.04. The molecule has 3 nitrogen and oxygen atoms in total. The molecule has 0 unspecified atom stereocenters. The zero-order valence-electron chi connectivity index (χ0n) is 11.5. The van der Waals surface area contributed by atoms with E-state index < -0.39 is 5.60 Å². The lowest BCUT2D eigenvalue weighted by Gasteiger charge is -2.33. The van der Waals surface area contributed by atoms with Crippen molar-refractivity contribution in [3.63, 3.8) is 0 Å². The minimum atomic E-state index is -0.691. The summed E-state index contributed by atoms with van der Waals surface area (Å²) < 4.78 is 5.13. The predicted octanol–water partition coefficient (Wildman–Crippen LogP) is 2.44. The highest BCUT2D eigenvalue weighted by Gasteiger charge is 2.51. The molecule has 3 aliphatic rings. The van der Waals surface area contributed by atoms with Crippen LogP contribution in [0.4, 0.5) is 0 Å². The number of rotatable bonds is 0. The summed E-state index contributed by atoms with van der Waals surface area (Å²) in [5, 5.41) is 10.8. The summed E-state index contributed by atoms with van der Waals surface area (Å²) in [4.78, 5) is 11.8. The smallest absolute Gasteiger partial charge is 0.334 e. The zero-order valence-corrected chi connectivity index (χ0v) is 11.5. The Kier molecular flexibility index (Phi) is 2.44. The number of aliphatic hydroxyl groups is 1. The van der Waals surface area contributed by atoms with Gasteiger partial charge in [-0.1, -0.05) is 13.8 Å². The first-order valence-corrected chi connectivity index (χ1v) is 6.89. The van der Waals surface area contributed by atoms with Crippen molar-refractivity contribution in [2.24, 2.45) is 17.3 Å². The second kappa shape index (κ2) is 3.60. The average molecular weight is 250 g/mol. The molecule has 0 aromatic heterocycles. The minimum Gasteiger partial charge on any atom is -0.458 e. The van der Waals surface area contributed by atoms with Crippen LogP contribution in [0.25, 0.3) is 0 Å². The Bertz CT molecular complexity index is 431. The maximum Gasteiger partial charge on any atom is 0.334 e. The van der Waals surface area contributed by atoms with Gasteiger partial charge in [-0.15, -0.1) is 0 Å². The van der Waals surface area contributed by atoms with Gasteiger partial charge in [0.1, 0.15) is 6.61 Å². The van der Waals surface area contributed by atoms with E-state index in [0.29, 0.717) is 24.9 Å². The maximum absolute atomic E-state index is 11.8. The lowest BCUT2D eigenvalue weighted by atomic mass is 9.78. The van der Waals surface area contributed by atoms with E-state index in [2.05, 4.69) is 13.8 Å². The molecule has 3 rings (SSSR count). The molecule has 0 amide bonds. The number of hydrogen-bond acceptors (Lipinski definition) is 3. The van der Waals surface area contributed by atoms with Gasteiger partial charge in [-0.3, -0.25) is 0 Å². The molecule has 2 aliphatic carbocycles. The van der Waals surface area contributed by atoms with Gasteiger partial charge >= 0.3 is 5.97 Å². The molecule has 1 N–H and O–H groups in total. The van der Waals surface area contributed by atoms with Gasteiger partial charge in [0.2, 0.25) is 0 Å². The highest BCUT2D eigenvalue weighted by molar-refractivity contribution is 5.91. The van der Waals surface area contributed by atoms with Gasteiger partial charge in [-0.05, 0) is 49.0 Å². The van der Waals surface area contributed by atoms with E-state index in [0.717, 1.165) is 30.4 Å². The van der Waals surface area contributed by atoms with Crippen LogP contribution in [0.1, 0.15) is 46.5 Å². The van der Waals surface area contributed by atoms with E-state index in [-0.39, 0.29) is 11.4 Å². The molecule has 100 valence electrons. The summed E-state index contributed by atoms with van der Waals surface area (Å²) in [5.41, 5.74) is 1.49. The molecule has 1 heterocycles. The quantitative estimate of drug-likeness (QED) is 0.672. The SMILES string of the molecule is CC1(C)C[C@H]2CC3=C(COC3=O)C[C@](C)(O)[C@H]2C1. The molecule has 0 radical (unpaired) electrons. The zero-order chi connectivity index (χ0) is 13.1. The van der Waals surface area contributed by atoms with E-state index in [9.17, 15) is 9.90 Å². The second-order valence-corrected chi connectivity index (χ2v) is 7.34. The molecule has 1 aliphatic heterocycles. The van der Waals surface area contributed by atoms with Crippen LogP contribution < -0.4 is 0 Å². The number of fused-ring (bicyclic) bond motifs is 1. The molecule has 18 heavy (non-hydrogen) atoms. The Morgan fingerprint density at radius 3 is 2.72 bits per heavy atom. The number of carbonyl (C=O) groups excluding carboxylic acids is 1. The Labute approximate surface area is 108 Å². The van der Waals surface area contributed by atoms with Crippen molar-refractivity contribution in [2.45, 2.75) is 52.1 Å². The van der Waals surface area contributed by atoms with Crippen molar-refractivity contribution in [1.29, 1.82) is 0 Å². The minimum absolute atomic E-state index is 0.147. The summed E-state index contributed by atoms with van der Waals surface area (Å²) in [6.07, 6.45) is 3.56. The van der Waals surface area contributed by atoms with E-state index in [1.54, 1.807) is 0 Å². The molecular formula is C15H22O3. The van der Waals surface area contributed by atoms with E-state index in [1.807, 2.05) is 6.92 Å². The topological polar surface area (TPSA) is 46.5 Å². The molecule has 1 fully saturated rings. The summed E-state index contributed by atoms with van der Waals surface area (Å²) in [6.45, 7) is 6.86. The van der Waals surface area contributed by atoms with Crippen molar-refractivity contribution in [1.82, 2.24) is 0 Å². The fourth-order valence-corrected chi connectivity index (χ4v) is 4.32. The van der Waals surface area contributed by atoms with Crippen LogP contribution in [0.3, 0.4) is 0 Å². The van der Waals surface area contributed by atoms with Crippen LogP contribution >= 0.6 is 0 Å². The van der Waals surface area contributed by atoms with Crippen LogP contribution in [0.2, 0.25) is 0 Å². The van der Waals surface area contributed by atoms with Gasteiger partial charge in [0.05, 0.1) is 5.60 Å². The third-order valence-electron chi connectivity index (χ3n) is 5.04. The van der Waals surface area contributed by atoms with Crippen molar-refractivity contribution in [3.05, 3.63) is 11.1 Å². The van der Waals surface area contributed by atoms with Crippen molar-refractivity contribution in [3.8, 4) is 0 Å². The average Bonchev–Trinajstić information content (AvgIpc) is 2.69. The second-order valence-electron chi connectivity index (χ2n) is 7.34. The molecule has 0 spiro atoms. The first-order chi connectivity index (χ1) is 8.28. The van der Waals surface area contributed by atoms with Gasteiger partial charge < -0.3 is 9.84 Å². The Hall–Kier alpha value is -0.830. The molecule has 0 bridgehead atoms. The van der Waals surface area contributed by atoms with E-state index in [4.69, 9.17) is 4.74 Å². The maximum atomic E-state index is 11.8. The van der Waals surface area contributed by atoms with Crippen LogP contribution in [0.15, 0.2) is 11.1 Å². The van der Waals surface area contributed by atoms with Crippen LogP contribution in [-0.4, -0.2) is 23.3 Å². The fraction of sp³-hybridized carbons (Fsp3) is 0.800. The van der Waals surface area contributed by atoms with Crippen molar-refractivity contribution < 1.29 is 14.6 Å². The number of ether oxygens (including phenoxy) is 1. The first kappa shape index (κ1) is 12.2. The monoisotopic (exact) mass is 250 g/mol. The number of cyclic esters (lactones) is 1. The lowest BCUT2D eigenvalue weighted by molar-refractivity contribution is -0.136. The fourth-order valence-electron chi connectivity index (χ4n) is 4.32. The van der Waals surface area contributed by atoms with Crippen LogP contribution in [0, 0.1) is 17.3 Å². The van der Waals surface area contributed by atoms with E-state index >= 15 is 0 Å². The summed E-state index contributed by atoms with van der Waals surface area (Å²) in [7, 11) is 0. The number of carbonyl (C=O) groups is 1. The van der Waals surface area contributed by atoms with Gasteiger partial charge in [0.25, 0.3) is 0 Å². The van der Waals surface area contributed by atoms with Gasteiger partial charge in [0, 0.05) is 12.0 Å². The van der Waals surface area contributed by atoms with Crippen LogP contribution in [0.5, 0.6) is 0 Å². The Morgan fingerprint density at radius 2 is 2.00 bits per heavy atom. The summed E-state index contributed by atoms with van der Waals surface area (Å²) >= 11 is 0. The predicted molar refractivity (Wildman–Crippen MR) is 67.8 cm³/mol. The number of hydrogen-bond donors (Lipinski definition) is 1. The molecule has 0 aromatic carbocycles. The molecule has 0 saturated heterocycles. The summed E-state index contributed by atoms with van der Waals surface area (Å²) in [5.74, 6) is 0.588. The van der Waals surface area contributed by atoms with Crippen molar-refractivity contribution >= 4 is 5.97 Å². The van der Waals surface area contributed by atoms with Gasteiger partial charge in [-0.2, -0.15) is 0 Å². The number of esters is 1. The Morgan fingerprint density at radius 1 is 1.28 bits per heavy atom. The highest BCUT2D eigenvalue weighted by Crippen LogP contribution is 2.55. The molecule has 3 heteroatoms. The van der Waals surface area contributed by atoms with Gasteiger partial charge in [0.15, 0.2) is 0 Å². The lowest BCUT2D eigenvalue weighted by Crippen LogP contribution is -2.36. The largest absolute Gasteiger partial charge is 0.458 e. The highest BCUT2D eigenvalue weighted by atomic mass is 16.5. The molecule has 3 atom stereocenters. The first-order valence-electron chi connectivity index (χ1n) is 6.89. The van der Waals surface area contributed by atoms with Crippen LogP contribution in [-0.2, 0) is 9.53 Å². The molecule has 1 saturated carbocycles. The Balaban J connectivity index is 1.97. The normalized spacial score (nSPS) is 42.3. The third kappa shape index (κ3) is 1.80. The van der Waals surface area contributed by atoms with E-state index in [1.165, 1.54) is 0 Å². The van der Waals surface area contributed by atoms with Gasteiger partial charge in [-0.25, -0.2) is 4.79 Å². The standard InChI is InChI=1S/C15H22O3/c1-14(2)5-9-4-11-10(8-18-13(11)16)6-15(3,17)12(9)7-14/h9,12,17H,4-8H2,1-3H3/t9-,12+,15+/m1/s1. The summed E-state index contributed by atoms with van der Waals surface area (Å²) in [6, 6.07) is 0. The van der Waals surface area contributed by atoms with Crippen molar-refractivity contribution in [2.75, 3.05) is 6.61 Å².